The minimum atomic E-state index is -0.317. The standard InChI is InChI=1S/C20H13BrO2/c1-12(22)23-20-16-10-9-13-5-2-3-7-15(13)17(16)11-14-6-4-8-18(21)19(14)20/h2-11H,1H3. The van der Waals surface area contributed by atoms with E-state index in [1.54, 1.807) is 0 Å². The van der Waals surface area contributed by atoms with Crippen LogP contribution >= 0.6 is 15.9 Å². The van der Waals surface area contributed by atoms with Crippen molar-refractivity contribution in [3.63, 3.8) is 0 Å². The molecule has 0 radical (unpaired) electrons. The Hall–Kier alpha value is -2.39. The number of esters is 1. The second-order valence-electron chi connectivity index (χ2n) is 5.52. The summed E-state index contributed by atoms with van der Waals surface area (Å²) in [4.78, 5) is 11.6. The molecule has 0 aliphatic carbocycles. The van der Waals surface area contributed by atoms with Crippen LogP contribution in [0.25, 0.3) is 32.3 Å². The minimum Gasteiger partial charge on any atom is -0.425 e. The third-order valence-corrected chi connectivity index (χ3v) is 4.69. The Morgan fingerprint density at radius 2 is 1.65 bits per heavy atom. The molecule has 23 heavy (non-hydrogen) atoms. The number of carbonyl (C=O) groups excluding carboxylic acids is 1. The maximum absolute atomic E-state index is 11.6. The lowest BCUT2D eigenvalue weighted by molar-refractivity contribution is -0.131. The zero-order chi connectivity index (χ0) is 16.0. The van der Waals surface area contributed by atoms with Gasteiger partial charge in [0.15, 0.2) is 0 Å². The van der Waals surface area contributed by atoms with E-state index < -0.39 is 0 Å². The monoisotopic (exact) mass is 364 g/mol. The molecule has 0 saturated carbocycles. The lowest BCUT2D eigenvalue weighted by atomic mass is 9.97. The molecule has 0 aliphatic heterocycles. The fourth-order valence-corrected chi connectivity index (χ4v) is 3.65. The number of benzene rings is 4. The van der Waals surface area contributed by atoms with Crippen molar-refractivity contribution in [2.45, 2.75) is 6.92 Å². The van der Waals surface area contributed by atoms with Crippen molar-refractivity contribution >= 4 is 54.2 Å². The van der Waals surface area contributed by atoms with Crippen LogP contribution in [0.2, 0.25) is 0 Å². The molecular formula is C20H13BrO2. The summed E-state index contributed by atoms with van der Waals surface area (Å²) in [5, 5.41) is 6.32. The van der Waals surface area contributed by atoms with Crippen molar-refractivity contribution in [1.82, 2.24) is 0 Å². The van der Waals surface area contributed by atoms with Crippen LogP contribution in [0.4, 0.5) is 0 Å². The molecule has 4 rings (SSSR count). The van der Waals surface area contributed by atoms with Crippen LogP contribution in [0.5, 0.6) is 5.75 Å². The second-order valence-corrected chi connectivity index (χ2v) is 6.37. The van der Waals surface area contributed by atoms with Gasteiger partial charge in [-0.05, 0) is 39.7 Å². The van der Waals surface area contributed by atoms with Gasteiger partial charge in [-0.1, -0.05) is 58.4 Å². The van der Waals surface area contributed by atoms with E-state index in [0.29, 0.717) is 5.75 Å². The average Bonchev–Trinajstić information content (AvgIpc) is 2.54. The van der Waals surface area contributed by atoms with Gasteiger partial charge in [0.05, 0.1) is 0 Å². The molecule has 0 aromatic heterocycles. The van der Waals surface area contributed by atoms with Gasteiger partial charge in [0.25, 0.3) is 0 Å². The summed E-state index contributed by atoms with van der Waals surface area (Å²) in [7, 11) is 0. The molecule has 0 saturated heterocycles. The molecule has 112 valence electrons. The van der Waals surface area contributed by atoms with Crippen LogP contribution in [0.15, 0.2) is 65.1 Å². The Bertz CT molecular complexity index is 1080. The summed E-state index contributed by atoms with van der Waals surface area (Å²) in [6, 6.07) is 20.5. The van der Waals surface area contributed by atoms with Gasteiger partial charge in [0.2, 0.25) is 0 Å². The third kappa shape index (κ3) is 2.28. The topological polar surface area (TPSA) is 26.3 Å². The van der Waals surface area contributed by atoms with E-state index >= 15 is 0 Å². The summed E-state index contributed by atoms with van der Waals surface area (Å²) in [6.45, 7) is 1.43. The SMILES string of the molecule is CC(=O)Oc1c2ccc3ccccc3c2cc2cccc(Br)c12. The predicted octanol–water partition coefficient (Wildman–Crippen LogP) is 5.83. The Labute approximate surface area is 141 Å². The molecule has 0 aliphatic rings. The Morgan fingerprint density at radius 3 is 2.48 bits per heavy atom. The molecule has 0 atom stereocenters. The highest BCUT2D eigenvalue weighted by Gasteiger charge is 2.14. The first-order valence-electron chi connectivity index (χ1n) is 7.36. The highest BCUT2D eigenvalue weighted by Crippen LogP contribution is 2.41. The van der Waals surface area contributed by atoms with Crippen LogP contribution < -0.4 is 4.74 Å². The second kappa shape index (κ2) is 5.36. The van der Waals surface area contributed by atoms with Crippen molar-refractivity contribution in [3.05, 3.63) is 65.1 Å². The van der Waals surface area contributed by atoms with Crippen molar-refractivity contribution in [2.75, 3.05) is 0 Å². The van der Waals surface area contributed by atoms with Crippen LogP contribution in [0, 0.1) is 0 Å². The molecule has 0 fully saturated rings. The zero-order valence-corrected chi connectivity index (χ0v) is 14.1. The third-order valence-electron chi connectivity index (χ3n) is 4.03. The lowest BCUT2D eigenvalue weighted by Crippen LogP contribution is -2.03. The number of hydrogen-bond acceptors (Lipinski definition) is 2. The van der Waals surface area contributed by atoms with Gasteiger partial charge in [0.1, 0.15) is 5.75 Å². The van der Waals surface area contributed by atoms with Crippen molar-refractivity contribution in [2.24, 2.45) is 0 Å². The number of ether oxygens (including phenoxy) is 1. The summed E-state index contributed by atoms with van der Waals surface area (Å²) < 4.78 is 6.52. The van der Waals surface area contributed by atoms with Crippen LogP contribution in [-0.4, -0.2) is 5.97 Å². The summed E-state index contributed by atoms with van der Waals surface area (Å²) in [5.41, 5.74) is 0. The normalized spacial score (nSPS) is 11.2. The van der Waals surface area contributed by atoms with Gasteiger partial charge < -0.3 is 4.74 Å². The number of carbonyl (C=O) groups is 1. The van der Waals surface area contributed by atoms with Crippen LogP contribution in [0.1, 0.15) is 6.92 Å². The minimum absolute atomic E-state index is 0.317. The van der Waals surface area contributed by atoms with Gasteiger partial charge in [-0.25, -0.2) is 0 Å². The summed E-state index contributed by atoms with van der Waals surface area (Å²) in [5.74, 6) is 0.297. The van der Waals surface area contributed by atoms with Gasteiger partial charge in [0, 0.05) is 22.2 Å². The molecule has 2 nitrogen and oxygen atoms in total. The predicted molar refractivity (Wildman–Crippen MR) is 98.0 cm³/mol. The van der Waals surface area contributed by atoms with E-state index in [2.05, 4.69) is 40.2 Å². The molecular weight excluding hydrogens is 352 g/mol. The maximum Gasteiger partial charge on any atom is 0.308 e. The number of fused-ring (bicyclic) bond motifs is 4. The van der Waals surface area contributed by atoms with Crippen molar-refractivity contribution in [1.29, 1.82) is 0 Å². The van der Waals surface area contributed by atoms with Crippen LogP contribution in [0.3, 0.4) is 0 Å². The average molecular weight is 365 g/mol. The highest BCUT2D eigenvalue weighted by atomic mass is 79.9. The number of rotatable bonds is 1. The Kier molecular flexibility index (Phi) is 3.31. The van der Waals surface area contributed by atoms with E-state index in [1.807, 2.05) is 36.4 Å². The molecule has 3 heteroatoms. The fourth-order valence-electron chi connectivity index (χ4n) is 3.09. The van der Waals surface area contributed by atoms with Crippen molar-refractivity contribution < 1.29 is 9.53 Å². The van der Waals surface area contributed by atoms with Gasteiger partial charge >= 0.3 is 5.97 Å². The van der Waals surface area contributed by atoms with E-state index in [4.69, 9.17) is 4.74 Å². The molecule has 4 aromatic rings. The van der Waals surface area contributed by atoms with Gasteiger partial charge in [-0.3, -0.25) is 4.79 Å². The van der Waals surface area contributed by atoms with Crippen LogP contribution in [-0.2, 0) is 4.79 Å². The summed E-state index contributed by atoms with van der Waals surface area (Å²) >= 11 is 3.58. The van der Waals surface area contributed by atoms with E-state index in [-0.39, 0.29) is 5.97 Å². The lowest BCUT2D eigenvalue weighted by Gasteiger charge is -2.13. The first kappa shape index (κ1) is 14.2. The molecule has 4 aromatic carbocycles. The molecule has 0 amide bonds. The highest BCUT2D eigenvalue weighted by molar-refractivity contribution is 9.10. The van der Waals surface area contributed by atoms with E-state index in [9.17, 15) is 4.79 Å². The molecule has 0 unspecified atom stereocenters. The van der Waals surface area contributed by atoms with E-state index in [0.717, 1.165) is 31.4 Å². The molecule has 0 bridgehead atoms. The van der Waals surface area contributed by atoms with Crippen molar-refractivity contribution in [3.8, 4) is 5.75 Å². The first-order valence-corrected chi connectivity index (χ1v) is 8.15. The van der Waals surface area contributed by atoms with Gasteiger partial charge in [-0.15, -0.1) is 0 Å². The Balaban J connectivity index is 2.25. The number of halogens is 1. The molecule has 0 N–H and O–H groups in total. The number of hydrogen-bond donors (Lipinski definition) is 0. The molecule has 0 spiro atoms. The fraction of sp³-hybridized carbons (Fsp3) is 0.0500. The summed E-state index contributed by atoms with van der Waals surface area (Å²) in [6.07, 6.45) is 0. The molecule has 0 heterocycles. The van der Waals surface area contributed by atoms with E-state index in [1.165, 1.54) is 12.3 Å². The zero-order valence-electron chi connectivity index (χ0n) is 12.5. The quantitative estimate of drug-likeness (QED) is 0.183. The first-order chi connectivity index (χ1) is 11.1. The smallest absolute Gasteiger partial charge is 0.308 e. The largest absolute Gasteiger partial charge is 0.425 e. The Morgan fingerprint density at radius 1 is 0.870 bits per heavy atom. The maximum atomic E-state index is 11.6. The van der Waals surface area contributed by atoms with Gasteiger partial charge in [-0.2, -0.15) is 0 Å².